The second-order valence-electron chi connectivity index (χ2n) is 2.55. The first-order valence-electron chi connectivity index (χ1n) is 3.54. The van der Waals surface area contributed by atoms with Gasteiger partial charge in [0.25, 0.3) is 0 Å². The molecule has 4 heteroatoms. The van der Waals surface area contributed by atoms with Gasteiger partial charge in [0.2, 0.25) is 5.56 Å². The van der Waals surface area contributed by atoms with Gasteiger partial charge >= 0.3 is 0 Å². The highest BCUT2D eigenvalue weighted by molar-refractivity contribution is 6.31. The molecule has 0 atom stereocenters. The summed E-state index contributed by atoms with van der Waals surface area (Å²) in [6.07, 6.45) is 0. The summed E-state index contributed by atoms with van der Waals surface area (Å²) in [6.45, 7) is 0. The van der Waals surface area contributed by atoms with Crippen LogP contribution in [0.15, 0.2) is 35.1 Å². The largest absolute Gasteiger partial charge is 0.322 e. The van der Waals surface area contributed by atoms with Crippen molar-refractivity contribution in [2.75, 3.05) is 0 Å². The lowest BCUT2D eigenvalue weighted by Gasteiger charge is -1.95. The molecule has 0 aliphatic heterocycles. The predicted molar refractivity (Wildman–Crippen MR) is 56.8 cm³/mol. The summed E-state index contributed by atoms with van der Waals surface area (Å²) in [4.78, 5) is 13.6. The van der Waals surface area contributed by atoms with Crippen molar-refractivity contribution in [3.05, 3.63) is 45.7 Å². The van der Waals surface area contributed by atoms with E-state index in [0.717, 1.165) is 10.9 Å². The van der Waals surface area contributed by atoms with E-state index in [1.54, 1.807) is 18.2 Å². The molecule has 1 aromatic heterocycles. The molecule has 1 heterocycles. The zero-order chi connectivity index (χ0) is 8.55. The highest BCUT2D eigenvalue weighted by atomic mass is 35.5. The van der Waals surface area contributed by atoms with Crippen molar-refractivity contribution >= 4 is 34.9 Å². The molecule has 0 saturated carbocycles. The van der Waals surface area contributed by atoms with Crippen molar-refractivity contribution in [2.24, 2.45) is 0 Å². The van der Waals surface area contributed by atoms with Crippen molar-refractivity contribution in [3.8, 4) is 0 Å². The standard InChI is InChI=1S/C9H6ClNO.ClH/c10-7-2-3-8-6(5-7)1-4-9(12)11-8;/h1-5H,(H,11,12);1H. The number of benzene rings is 1. The van der Waals surface area contributed by atoms with Crippen molar-refractivity contribution < 1.29 is 0 Å². The molecule has 0 aliphatic rings. The first-order valence-corrected chi connectivity index (χ1v) is 3.92. The maximum absolute atomic E-state index is 10.9. The molecule has 0 radical (unpaired) electrons. The second-order valence-corrected chi connectivity index (χ2v) is 2.99. The average molecular weight is 216 g/mol. The van der Waals surface area contributed by atoms with E-state index in [9.17, 15) is 4.79 Å². The van der Waals surface area contributed by atoms with Gasteiger partial charge in [0.15, 0.2) is 0 Å². The summed E-state index contributed by atoms with van der Waals surface area (Å²) >= 11 is 5.77. The van der Waals surface area contributed by atoms with E-state index < -0.39 is 0 Å². The van der Waals surface area contributed by atoms with Crippen LogP contribution in [0.2, 0.25) is 5.02 Å². The van der Waals surface area contributed by atoms with Crippen LogP contribution < -0.4 is 5.56 Å². The van der Waals surface area contributed by atoms with Crippen LogP contribution in [0.5, 0.6) is 0 Å². The van der Waals surface area contributed by atoms with Crippen molar-refractivity contribution in [3.63, 3.8) is 0 Å². The lowest BCUT2D eigenvalue weighted by Crippen LogP contribution is -2.01. The van der Waals surface area contributed by atoms with E-state index in [1.807, 2.05) is 6.07 Å². The monoisotopic (exact) mass is 215 g/mol. The van der Waals surface area contributed by atoms with Gasteiger partial charge in [-0.2, -0.15) is 0 Å². The Hall–Kier alpha value is -0.990. The summed E-state index contributed by atoms with van der Waals surface area (Å²) in [5.74, 6) is 0. The molecule has 2 nitrogen and oxygen atoms in total. The summed E-state index contributed by atoms with van der Waals surface area (Å²) < 4.78 is 0. The number of rotatable bonds is 0. The average Bonchev–Trinajstić information content (AvgIpc) is 2.05. The molecule has 0 saturated heterocycles. The Bertz CT molecular complexity index is 478. The number of hydrogen-bond acceptors (Lipinski definition) is 1. The lowest BCUT2D eigenvalue weighted by molar-refractivity contribution is 1.31. The predicted octanol–water partition coefficient (Wildman–Crippen LogP) is 2.60. The Balaban J connectivity index is 0.000000845. The van der Waals surface area contributed by atoms with Gasteiger partial charge in [-0.25, -0.2) is 0 Å². The van der Waals surface area contributed by atoms with Crippen LogP contribution in [0.25, 0.3) is 10.9 Å². The van der Waals surface area contributed by atoms with Gasteiger partial charge in [-0.1, -0.05) is 11.6 Å². The molecule has 13 heavy (non-hydrogen) atoms. The minimum absolute atomic E-state index is 0. The molecule has 68 valence electrons. The third kappa shape index (κ3) is 2.02. The van der Waals surface area contributed by atoms with Gasteiger partial charge in [-0.15, -0.1) is 12.4 Å². The summed E-state index contributed by atoms with van der Waals surface area (Å²) in [7, 11) is 0. The Morgan fingerprint density at radius 1 is 1.15 bits per heavy atom. The number of aromatic nitrogens is 1. The molecule has 2 aromatic rings. The molecule has 0 unspecified atom stereocenters. The van der Waals surface area contributed by atoms with E-state index in [2.05, 4.69) is 4.98 Å². The Labute approximate surface area is 86.0 Å². The minimum Gasteiger partial charge on any atom is -0.322 e. The first-order chi connectivity index (χ1) is 5.75. The molecular formula is C9H7Cl2NO. The van der Waals surface area contributed by atoms with Gasteiger partial charge in [0, 0.05) is 16.6 Å². The highest BCUT2D eigenvalue weighted by Crippen LogP contribution is 2.15. The minimum atomic E-state index is -0.0928. The number of hydrogen-bond donors (Lipinski definition) is 1. The third-order valence-electron chi connectivity index (χ3n) is 1.69. The topological polar surface area (TPSA) is 32.9 Å². The van der Waals surface area contributed by atoms with E-state index >= 15 is 0 Å². The summed E-state index contributed by atoms with van der Waals surface area (Å²) in [5.41, 5.74) is 0.719. The highest BCUT2D eigenvalue weighted by Gasteiger charge is 1.93. The first kappa shape index (κ1) is 10.1. The van der Waals surface area contributed by atoms with Gasteiger partial charge in [-0.05, 0) is 29.7 Å². The molecule has 1 N–H and O–H groups in total. The number of pyridine rings is 1. The zero-order valence-electron chi connectivity index (χ0n) is 6.58. The van der Waals surface area contributed by atoms with Crippen LogP contribution in [-0.2, 0) is 0 Å². The van der Waals surface area contributed by atoms with Crippen LogP contribution >= 0.6 is 24.0 Å². The normalized spacial score (nSPS) is 9.62. The number of fused-ring (bicyclic) bond motifs is 1. The molecule has 0 fully saturated rings. The number of H-pyrrole nitrogens is 1. The molecule has 0 amide bonds. The van der Waals surface area contributed by atoms with Crippen molar-refractivity contribution in [2.45, 2.75) is 0 Å². The maximum Gasteiger partial charge on any atom is 0.248 e. The lowest BCUT2D eigenvalue weighted by atomic mass is 10.2. The van der Waals surface area contributed by atoms with Gasteiger partial charge < -0.3 is 4.98 Å². The fourth-order valence-electron chi connectivity index (χ4n) is 1.13. The van der Waals surface area contributed by atoms with E-state index in [1.165, 1.54) is 6.07 Å². The van der Waals surface area contributed by atoms with Crippen molar-refractivity contribution in [1.29, 1.82) is 0 Å². The van der Waals surface area contributed by atoms with Crippen LogP contribution in [0.1, 0.15) is 0 Å². The number of halogens is 2. The molecule has 0 bridgehead atoms. The second kappa shape index (κ2) is 3.81. The quantitative estimate of drug-likeness (QED) is 0.721. The third-order valence-corrected chi connectivity index (χ3v) is 1.92. The Morgan fingerprint density at radius 2 is 1.92 bits per heavy atom. The molecule has 0 aliphatic carbocycles. The summed E-state index contributed by atoms with van der Waals surface area (Å²) in [5, 5.41) is 1.62. The number of aromatic amines is 1. The molecule has 1 aromatic carbocycles. The van der Waals surface area contributed by atoms with Gasteiger partial charge in [0.05, 0.1) is 0 Å². The number of nitrogens with one attached hydrogen (secondary N) is 1. The Kier molecular flexibility index (Phi) is 2.96. The van der Waals surface area contributed by atoms with Crippen LogP contribution in [0, 0.1) is 0 Å². The Morgan fingerprint density at radius 3 is 2.69 bits per heavy atom. The smallest absolute Gasteiger partial charge is 0.248 e. The molecule has 0 spiro atoms. The zero-order valence-corrected chi connectivity index (χ0v) is 8.15. The van der Waals surface area contributed by atoms with Crippen molar-refractivity contribution in [1.82, 2.24) is 4.98 Å². The molecule has 2 rings (SSSR count). The van der Waals surface area contributed by atoms with E-state index in [0.29, 0.717) is 5.02 Å². The summed E-state index contributed by atoms with van der Waals surface area (Å²) in [6, 6.07) is 8.59. The SMILES string of the molecule is Cl.O=c1ccc2cc(Cl)ccc2[nH]1. The van der Waals surface area contributed by atoms with Crippen LogP contribution in [0.4, 0.5) is 0 Å². The van der Waals surface area contributed by atoms with Crippen LogP contribution in [0.3, 0.4) is 0 Å². The molecular weight excluding hydrogens is 209 g/mol. The maximum atomic E-state index is 10.9. The van der Waals surface area contributed by atoms with Crippen LogP contribution in [-0.4, -0.2) is 4.98 Å². The fourth-order valence-corrected chi connectivity index (χ4v) is 1.31. The van der Waals surface area contributed by atoms with E-state index in [4.69, 9.17) is 11.6 Å². The van der Waals surface area contributed by atoms with Gasteiger partial charge in [0.1, 0.15) is 0 Å². The van der Waals surface area contributed by atoms with Gasteiger partial charge in [-0.3, -0.25) is 4.79 Å². The van der Waals surface area contributed by atoms with E-state index in [-0.39, 0.29) is 18.0 Å². The fraction of sp³-hybridized carbons (Fsp3) is 0.